The average molecular weight is 262 g/mol. The van der Waals surface area contributed by atoms with Gasteiger partial charge in [0.15, 0.2) is 0 Å². The maximum absolute atomic E-state index is 12.3. The van der Waals surface area contributed by atoms with Gasteiger partial charge in [0.25, 0.3) is 6.43 Å². The number of nitrogens with one attached hydrogen (secondary N) is 1. The Kier molecular flexibility index (Phi) is 4.58. The molecule has 1 atom stereocenters. The predicted octanol–water partition coefficient (Wildman–Crippen LogP) is 3.49. The Hall–Kier alpha value is -1.81. The lowest BCUT2D eigenvalue weighted by atomic mass is 10.1. The lowest BCUT2D eigenvalue weighted by molar-refractivity contribution is 0.105. The number of nitrogens with zero attached hydrogens (tertiary/aromatic N) is 1. The van der Waals surface area contributed by atoms with Crippen molar-refractivity contribution in [3.63, 3.8) is 0 Å². The molecule has 1 aromatic heterocycles. The van der Waals surface area contributed by atoms with Gasteiger partial charge in [0.05, 0.1) is 6.04 Å². The summed E-state index contributed by atoms with van der Waals surface area (Å²) in [5.74, 6) is 0. The van der Waals surface area contributed by atoms with Gasteiger partial charge in [-0.3, -0.25) is 4.98 Å². The molecule has 0 saturated carbocycles. The maximum atomic E-state index is 12.3. The van der Waals surface area contributed by atoms with E-state index in [4.69, 9.17) is 0 Å². The lowest BCUT2D eigenvalue weighted by Gasteiger charge is -2.12. The third kappa shape index (κ3) is 3.83. The van der Waals surface area contributed by atoms with E-state index in [-0.39, 0.29) is 0 Å². The molecular weight excluding hydrogens is 246 g/mol. The standard InChI is InChI=1S/C15H16F2N2/c1-11(15(16)17)19-10-12-2-4-13(5-3-12)14-6-8-18-9-7-14/h2-9,11,15,19H,10H2,1H3. The van der Waals surface area contributed by atoms with E-state index < -0.39 is 12.5 Å². The molecule has 0 bridgehead atoms. The fraction of sp³-hybridized carbons (Fsp3) is 0.267. The highest BCUT2D eigenvalue weighted by Gasteiger charge is 2.12. The van der Waals surface area contributed by atoms with Crippen molar-refractivity contribution in [3.8, 4) is 11.1 Å². The Morgan fingerprint density at radius 2 is 1.58 bits per heavy atom. The molecule has 0 saturated heterocycles. The van der Waals surface area contributed by atoms with Gasteiger partial charge >= 0.3 is 0 Å². The number of alkyl halides is 2. The van der Waals surface area contributed by atoms with Gasteiger partial charge in [0.2, 0.25) is 0 Å². The van der Waals surface area contributed by atoms with Crippen LogP contribution in [0.4, 0.5) is 8.78 Å². The second-order valence-corrected chi connectivity index (χ2v) is 4.44. The smallest absolute Gasteiger partial charge is 0.253 e. The summed E-state index contributed by atoms with van der Waals surface area (Å²) in [6, 6.07) is 10.9. The highest BCUT2D eigenvalue weighted by Crippen LogP contribution is 2.18. The quantitative estimate of drug-likeness (QED) is 0.892. The van der Waals surface area contributed by atoms with Crippen LogP contribution < -0.4 is 5.32 Å². The van der Waals surface area contributed by atoms with E-state index in [1.807, 2.05) is 36.4 Å². The van der Waals surface area contributed by atoms with Crippen LogP contribution in [0.2, 0.25) is 0 Å². The zero-order chi connectivity index (χ0) is 13.7. The summed E-state index contributed by atoms with van der Waals surface area (Å²) in [5.41, 5.74) is 3.17. The number of aromatic nitrogens is 1. The fourth-order valence-corrected chi connectivity index (χ4v) is 1.73. The summed E-state index contributed by atoms with van der Waals surface area (Å²) in [4.78, 5) is 3.97. The monoisotopic (exact) mass is 262 g/mol. The van der Waals surface area contributed by atoms with Crippen molar-refractivity contribution >= 4 is 0 Å². The predicted molar refractivity (Wildman–Crippen MR) is 72.0 cm³/mol. The minimum Gasteiger partial charge on any atom is -0.305 e. The third-order valence-electron chi connectivity index (χ3n) is 2.97. The van der Waals surface area contributed by atoms with Crippen LogP contribution in [-0.2, 0) is 6.54 Å². The van der Waals surface area contributed by atoms with Crippen molar-refractivity contribution in [2.75, 3.05) is 0 Å². The van der Waals surface area contributed by atoms with Gasteiger partial charge in [0.1, 0.15) is 0 Å². The summed E-state index contributed by atoms with van der Waals surface area (Å²) >= 11 is 0. The average Bonchev–Trinajstić information content (AvgIpc) is 2.46. The van der Waals surface area contributed by atoms with Crippen molar-refractivity contribution in [2.45, 2.75) is 25.9 Å². The number of benzene rings is 1. The van der Waals surface area contributed by atoms with Crippen LogP contribution in [0.15, 0.2) is 48.8 Å². The first-order chi connectivity index (χ1) is 9.16. The number of rotatable bonds is 5. The molecule has 0 spiro atoms. The summed E-state index contributed by atoms with van der Waals surface area (Å²) in [6.07, 6.45) is 1.15. The molecule has 2 rings (SSSR count). The van der Waals surface area contributed by atoms with Gasteiger partial charge in [-0.15, -0.1) is 0 Å². The highest BCUT2D eigenvalue weighted by molar-refractivity contribution is 5.62. The minimum atomic E-state index is -2.34. The Balaban J connectivity index is 1.99. The van der Waals surface area contributed by atoms with Crippen LogP contribution in [-0.4, -0.2) is 17.5 Å². The first-order valence-corrected chi connectivity index (χ1v) is 6.17. The van der Waals surface area contributed by atoms with E-state index in [1.54, 1.807) is 12.4 Å². The van der Waals surface area contributed by atoms with Crippen molar-refractivity contribution in [3.05, 3.63) is 54.4 Å². The van der Waals surface area contributed by atoms with Gasteiger partial charge in [-0.1, -0.05) is 24.3 Å². The summed E-state index contributed by atoms with van der Waals surface area (Å²) < 4.78 is 24.7. The van der Waals surface area contributed by atoms with E-state index in [0.29, 0.717) is 6.54 Å². The molecule has 0 aliphatic carbocycles. The first kappa shape index (κ1) is 13.6. The number of halogens is 2. The maximum Gasteiger partial charge on any atom is 0.253 e. The Morgan fingerprint density at radius 1 is 1.00 bits per heavy atom. The zero-order valence-electron chi connectivity index (χ0n) is 10.7. The zero-order valence-corrected chi connectivity index (χ0v) is 10.7. The van der Waals surface area contributed by atoms with E-state index in [9.17, 15) is 8.78 Å². The molecule has 1 heterocycles. The molecule has 1 unspecified atom stereocenters. The number of hydrogen-bond acceptors (Lipinski definition) is 2. The third-order valence-corrected chi connectivity index (χ3v) is 2.97. The summed E-state index contributed by atoms with van der Waals surface area (Å²) in [5, 5.41) is 2.80. The summed E-state index contributed by atoms with van der Waals surface area (Å²) in [6.45, 7) is 1.93. The van der Waals surface area contributed by atoms with Gasteiger partial charge < -0.3 is 5.32 Å². The molecule has 2 nitrogen and oxygen atoms in total. The molecular formula is C15H16F2N2. The molecule has 0 fully saturated rings. The molecule has 1 aromatic carbocycles. The van der Waals surface area contributed by atoms with Crippen molar-refractivity contribution in [1.82, 2.24) is 10.3 Å². The lowest BCUT2D eigenvalue weighted by Crippen LogP contribution is -2.31. The molecule has 2 aromatic rings. The van der Waals surface area contributed by atoms with Crippen molar-refractivity contribution in [2.24, 2.45) is 0 Å². The normalized spacial score (nSPS) is 12.6. The van der Waals surface area contributed by atoms with E-state index in [1.165, 1.54) is 6.92 Å². The second kappa shape index (κ2) is 6.38. The van der Waals surface area contributed by atoms with Crippen LogP contribution in [0.1, 0.15) is 12.5 Å². The molecule has 1 N–H and O–H groups in total. The van der Waals surface area contributed by atoms with Crippen molar-refractivity contribution < 1.29 is 8.78 Å². The van der Waals surface area contributed by atoms with Crippen LogP contribution in [0.25, 0.3) is 11.1 Å². The molecule has 100 valence electrons. The largest absolute Gasteiger partial charge is 0.305 e. The van der Waals surface area contributed by atoms with Crippen molar-refractivity contribution in [1.29, 1.82) is 0 Å². The van der Waals surface area contributed by atoms with Crippen LogP contribution >= 0.6 is 0 Å². The number of pyridine rings is 1. The van der Waals surface area contributed by atoms with E-state index >= 15 is 0 Å². The Morgan fingerprint density at radius 3 is 2.16 bits per heavy atom. The Bertz CT molecular complexity index is 497. The fourth-order valence-electron chi connectivity index (χ4n) is 1.73. The van der Waals surface area contributed by atoms with Crippen LogP contribution in [0.5, 0.6) is 0 Å². The second-order valence-electron chi connectivity index (χ2n) is 4.44. The summed E-state index contributed by atoms with van der Waals surface area (Å²) in [7, 11) is 0. The molecule has 0 aliphatic heterocycles. The topological polar surface area (TPSA) is 24.9 Å². The molecule has 0 aliphatic rings. The molecule has 0 radical (unpaired) electrons. The SMILES string of the molecule is CC(NCc1ccc(-c2ccncc2)cc1)C(F)F. The van der Waals surface area contributed by atoms with E-state index in [2.05, 4.69) is 10.3 Å². The highest BCUT2D eigenvalue weighted by atomic mass is 19.3. The van der Waals surface area contributed by atoms with E-state index in [0.717, 1.165) is 16.7 Å². The number of hydrogen-bond donors (Lipinski definition) is 1. The molecule has 4 heteroatoms. The molecule has 19 heavy (non-hydrogen) atoms. The minimum absolute atomic E-state index is 0.447. The van der Waals surface area contributed by atoms with Crippen LogP contribution in [0.3, 0.4) is 0 Å². The van der Waals surface area contributed by atoms with Gasteiger partial charge in [-0.05, 0) is 35.7 Å². The van der Waals surface area contributed by atoms with Gasteiger partial charge in [0, 0.05) is 18.9 Å². The van der Waals surface area contributed by atoms with Gasteiger partial charge in [-0.2, -0.15) is 0 Å². The van der Waals surface area contributed by atoms with Crippen LogP contribution in [0, 0.1) is 0 Å². The van der Waals surface area contributed by atoms with Gasteiger partial charge in [-0.25, -0.2) is 8.78 Å². The molecule has 0 amide bonds. The Labute approximate surface area is 111 Å². The first-order valence-electron chi connectivity index (χ1n) is 6.17.